The molecule has 0 radical (unpaired) electrons. The topological polar surface area (TPSA) is 87.5 Å². The molecule has 0 spiro atoms. The molecule has 1 saturated heterocycles. The molecule has 1 saturated carbocycles. The van der Waals surface area contributed by atoms with Gasteiger partial charge in [0.05, 0.1) is 18.1 Å². The Bertz CT molecular complexity index is 1110. The molecule has 1 atom stereocenters. The van der Waals surface area contributed by atoms with Crippen LogP contribution in [0.25, 0.3) is 5.65 Å². The van der Waals surface area contributed by atoms with E-state index in [2.05, 4.69) is 30.5 Å². The van der Waals surface area contributed by atoms with Crippen LogP contribution in [0.2, 0.25) is 0 Å². The standard InChI is InChI=1S/C20H20F3N7O/c21-14-5-13(9-30-10-16(18(22)23)28-19(14)30)27-20(31)15-6-25-17(7-24-15)29-4-3-12(8-29)26-11-1-2-11/h5-7,9-12,18,26H,1-4,8H2,(H,27,31)/t12-/m1/s1. The number of anilines is 2. The van der Waals surface area contributed by atoms with Crippen LogP contribution in [0.15, 0.2) is 30.9 Å². The Morgan fingerprint density at radius 2 is 1.97 bits per heavy atom. The largest absolute Gasteiger partial charge is 0.354 e. The molecule has 1 aliphatic carbocycles. The summed E-state index contributed by atoms with van der Waals surface area (Å²) in [6.07, 6.45) is 5.95. The smallest absolute Gasteiger partial charge is 0.281 e. The molecule has 31 heavy (non-hydrogen) atoms. The first-order chi connectivity index (χ1) is 15.0. The average Bonchev–Trinajstić information content (AvgIpc) is 3.24. The predicted octanol–water partition coefficient (Wildman–Crippen LogP) is 2.78. The van der Waals surface area contributed by atoms with E-state index in [0.717, 1.165) is 36.2 Å². The van der Waals surface area contributed by atoms with E-state index in [-0.39, 0.29) is 17.0 Å². The lowest BCUT2D eigenvalue weighted by molar-refractivity contribution is 0.102. The Labute approximate surface area is 175 Å². The Balaban J connectivity index is 1.26. The van der Waals surface area contributed by atoms with Gasteiger partial charge in [-0.1, -0.05) is 0 Å². The quantitative estimate of drug-likeness (QED) is 0.624. The molecule has 3 aromatic heterocycles. The second kappa shape index (κ2) is 7.80. The first-order valence-corrected chi connectivity index (χ1v) is 10.1. The van der Waals surface area contributed by atoms with Gasteiger partial charge in [-0.3, -0.25) is 4.79 Å². The van der Waals surface area contributed by atoms with Crippen molar-refractivity contribution in [1.29, 1.82) is 0 Å². The van der Waals surface area contributed by atoms with Crippen LogP contribution in [0.5, 0.6) is 0 Å². The van der Waals surface area contributed by atoms with Crippen LogP contribution in [0.4, 0.5) is 24.7 Å². The lowest BCUT2D eigenvalue weighted by Crippen LogP contribution is -2.34. The summed E-state index contributed by atoms with van der Waals surface area (Å²) in [5.41, 5.74) is -0.625. The first-order valence-electron chi connectivity index (χ1n) is 10.1. The second-order valence-corrected chi connectivity index (χ2v) is 7.86. The number of imidazole rings is 1. The van der Waals surface area contributed by atoms with Crippen LogP contribution in [0.3, 0.4) is 0 Å². The van der Waals surface area contributed by atoms with Gasteiger partial charge in [-0.05, 0) is 19.3 Å². The Morgan fingerprint density at radius 1 is 1.13 bits per heavy atom. The first kappa shape index (κ1) is 19.7. The maximum atomic E-state index is 14.2. The zero-order valence-corrected chi connectivity index (χ0v) is 16.4. The minimum atomic E-state index is -2.82. The average molecular weight is 431 g/mol. The third-order valence-corrected chi connectivity index (χ3v) is 5.44. The van der Waals surface area contributed by atoms with Crippen molar-refractivity contribution < 1.29 is 18.0 Å². The van der Waals surface area contributed by atoms with Crippen LogP contribution in [0, 0.1) is 5.82 Å². The highest BCUT2D eigenvalue weighted by Gasteiger charge is 2.29. The molecule has 2 aliphatic rings. The van der Waals surface area contributed by atoms with Crippen molar-refractivity contribution >= 4 is 23.1 Å². The van der Waals surface area contributed by atoms with Crippen molar-refractivity contribution in [2.75, 3.05) is 23.3 Å². The van der Waals surface area contributed by atoms with Crippen LogP contribution in [0.1, 0.15) is 41.9 Å². The van der Waals surface area contributed by atoms with Crippen molar-refractivity contribution in [1.82, 2.24) is 24.7 Å². The minimum Gasteiger partial charge on any atom is -0.354 e. The molecule has 5 rings (SSSR count). The highest BCUT2D eigenvalue weighted by Crippen LogP contribution is 2.24. The normalized spacial score (nSPS) is 18.8. The molecule has 2 fully saturated rings. The summed E-state index contributed by atoms with van der Waals surface area (Å²) >= 11 is 0. The van der Waals surface area contributed by atoms with Gasteiger partial charge in [0.1, 0.15) is 17.2 Å². The summed E-state index contributed by atoms with van der Waals surface area (Å²) in [5.74, 6) is -0.710. The predicted molar refractivity (Wildman–Crippen MR) is 107 cm³/mol. The number of fused-ring (bicyclic) bond motifs is 1. The molecule has 0 unspecified atom stereocenters. The van der Waals surface area contributed by atoms with Gasteiger partial charge >= 0.3 is 0 Å². The number of alkyl halides is 2. The number of aromatic nitrogens is 4. The SMILES string of the molecule is O=C(Nc1cc(F)c2nc(C(F)F)cn2c1)c1cnc(N2CC[C@@H](NC3CC3)C2)cn1. The van der Waals surface area contributed by atoms with Crippen LogP contribution >= 0.6 is 0 Å². The molecule has 1 amide bonds. The zero-order valence-electron chi connectivity index (χ0n) is 16.4. The fraction of sp³-hybridized carbons (Fsp3) is 0.400. The number of pyridine rings is 1. The highest BCUT2D eigenvalue weighted by molar-refractivity contribution is 6.02. The van der Waals surface area contributed by atoms with Gasteiger partial charge in [0.25, 0.3) is 12.3 Å². The molecular formula is C20H20F3N7O. The number of carbonyl (C=O) groups excluding carboxylic acids is 1. The molecule has 1 aliphatic heterocycles. The van der Waals surface area contributed by atoms with Gasteiger partial charge in [0.15, 0.2) is 11.5 Å². The summed E-state index contributed by atoms with van der Waals surface area (Å²) < 4.78 is 40.9. The van der Waals surface area contributed by atoms with E-state index in [1.54, 1.807) is 6.20 Å². The number of nitrogens with zero attached hydrogens (tertiary/aromatic N) is 5. The molecule has 0 bridgehead atoms. The Hall–Kier alpha value is -3.21. The summed E-state index contributed by atoms with van der Waals surface area (Å²) in [6.45, 7) is 1.72. The summed E-state index contributed by atoms with van der Waals surface area (Å²) in [7, 11) is 0. The maximum absolute atomic E-state index is 14.2. The van der Waals surface area contributed by atoms with Gasteiger partial charge in [-0.2, -0.15) is 0 Å². The molecule has 8 nitrogen and oxygen atoms in total. The van der Waals surface area contributed by atoms with E-state index < -0.39 is 23.8 Å². The fourth-order valence-corrected chi connectivity index (χ4v) is 3.73. The van der Waals surface area contributed by atoms with Crippen LogP contribution in [-0.4, -0.2) is 50.4 Å². The lowest BCUT2D eigenvalue weighted by atomic mass is 10.2. The van der Waals surface area contributed by atoms with Crippen molar-refractivity contribution in [3.05, 3.63) is 48.1 Å². The molecule has 4 heterocycles. The molecule has 11 heteroatoms. The number of carbonyl (C=O) groups is 1. The number of rotatable bonds is 6. The van der Waals surface area contributed by atoms with E-state index in [4.69, 9.17) is 0 Å². The zero-order chi connectivity index (χ0) is 21.5. The molecular weight excluding hydrogens is 411 g/mol. The molecule has 3 aromatic rings. The van der Waals surface area contributed by atoms with E-state index in [1.807, 2.05) is 0 Å². The van der Waals surface area contributed by atoms with E-state index in [0.29, 0.717) is 17.9 Å². The van der Waals surface area contributed by atoms with Crippen molar-refractivity contribution in [2.45, 2.75) is 37.8 Å². The summed E-state index contributed by atoms with van der Waals surface area (Å²) in [4.78, 5) is 26.7. The lowest BCUT2D eigenvalue weighted by Gasteiger charge is -2.17. The third-order valence-electron chi connectivity index (χ3n) is 5.44. The number of hydrogen-bond acceptors (Lipinski definition) is 6. The van der Waals surface area contributed by atoms with Crippen LogP contribution in [-0.2, 0) is 0 Å². The maximum Gasteiger partial charge on any atom is 0.281 e. The highest BCUT2D eigenvalue weighted by atomic mass is 19.3. The fourth-order valence-electron chi connectivity index (χ4n) is 3.73. The third kappa shape index (κ3) is 4.18. The number of hydrogen-bond donors (Lipinski definition) is 2. The molecule has 0 aromatic carbocycles. The van der Waals surface area contributed by atoms with Crippen molar-refractivity contribution in [3.8, 4) is 0 Å². The van der Waals surface area contributed by atoms with Crippen molar-refractivity contribution in [3.63, 3.8) is 0 Å². The number of nitrogens with one attached hydrogen (secondary N) is 2. The summed E-state index contributed by atoms with van der Waals surface area (Å²) in [5, 5.41) is 6.11. The van der Waals surface area contributed by atoms with E-state index >= 15 is 0 Å². The number of amides is 1. The van der Waals surface area contributed by atoms with E-state index in [9.17, 15) is 18.0 Å². The van der Waals surface area contributed by atoms with Gasteiger partial charge in [-0.25, -0.2) is 28.1 Å². The Kier molecular flexibility index (Phi) is 4.97. The summed E-state index contributed by atoms with van der Waals surface area (Å²) in [6, 6.07) is 2.11. The van der Waals surface area contributed by atoms with Crippen LogP contribution < -0.4 is 15.5 Å². The minimum absolute atomic E-state index is 0.0648. The van der Waals surface area contributed by atoms with Gasteiger partial charge < -0.3 is 19.9 Å². The van der Waals surface area contributed by atoms with Gasteiger partial charge in [0, 0.05) is 43.6 Å². The second-order valence-electron chi connectivity index (χ2n) is 7.86. The van der Waals surface area contributed by atoms with Gasteiger partial charge in [-0.15, -0.1) is 0 Å². The van der Waals surface area contributed by atoms with E-state index in [1.165, 1.54) is 25.2 Å². The van der Waals surface area contributed by atoms with Crippen molar-refractivity contribution in [2.24, 2.45) is 0 Å². The Morgan fingerprint density at radius 3 is 2.68 bits per heavy atom. The molecule has 162 valence electrons. The number of halogens is 3. The molecule has 2 N–H and O–H groups in total. The monoisotopic (exact) mass is 431 g/mol. The van der Waals surface area contributed by atoms with Gasteiger partial charge in [0.2, 0.25) is 0 Å².